The molecule has 0 aliphatic heterocycles. The summed E-state index contributed by atoms with van der Waals surface area (Å²) < 4.78 is 0. The number of nitrogens with zero attached hydrogens (tertiary/aromatic N) is 1. The molecule has 0 amide bonds. The topological polar surface area (TPSA) is 63.4 Å². The molecule has 7 heavy (non-hydrogen) atoms. The first-order chi connectivity index (χ1) is 1.73. The summed E-state index contributed by atoms with van der Waals surface area (Å²) in [6.07, 6.45) is 0. The molecule has 0 aromatic rings. The molecule has 0 bridgehead atoms. The van der Waals surface area contributed by atoms with Crippen LogP contribution < -0.4 is 0 Å². The Morgan fingerprint density at radius 3 is 1.43 bits per heavy atom. The second kappa shape index (κ2) is 15.7. The van der Waals surface area contributed by atoms with Gasteiger partial charge in [0.05, 0.1) is 0 Å². The monoisotopic (exact) mass is 179 g/mol. The number of halogens is 1. The third-order valence-corrected chi connectivity index (χ3v) is 0. The summed E-state index contributed by atoms with van der Waals surface area (Å²) in [5, 5.41) is 13.6. The predicted octanol–water partition coefficient (Wildman–Crippen LogP) is -0.688. The van der Waals surface area contributed by atoms with E-state index in [-0.39, 0.29) is 87.9 Å². The van der Waals surface area contributed by atoms with Gasteiger partial charge in [-0.25, -0.2) is 0 Å². The van der Waals surface area contributed by atoms with Crippen LogP contribution in [0.1, 0.15) is 0 Å². The molecule has 0 saturated heterocycles. The van der Waals surface area contributed by atoms with Gasteiger partial charge in [0.25, 0.3) is 5.09 Å². The Labute approximate surface area is 106 Å². The van der Waals surface area contributed by atoms with Crippen molar-refractivity contribution < 1.29 is 10.3 Å². The summed E-state index contributed by atoms with van der Waals surface area (Å²) in [5.41, 5.74) is 0. The molecule has 0 spiro atoms. The average Bonchev–Trinajstić information content (AvgIpc) is 0.811. The molecule has 0 aromatic heterocycles. The smallest absolute Gasteiger partial charge is 0.328 e. The Kier molecular flexibility index (Phi) is 51.6. The number of hydrogen-bond acceptors (Lipinski definition) is 2. The van der Waals surface area contributed by atoms with Gasteiger partial charge in [0.15, 0.2) is 0 Å². The Morgan fingerprint density at radius 2 is 1.43 bits per heavy atom. The van der Waals surface area contributed by atoms with E-state index in [9.17, 15) is 0 Å². The van der Waals surface area contributed by atoms with Crippen LogP contribution in [0.2, 0.25) is 0 Å². The van der Waals surface area contributed by atoms with Crippen LogP contribution in [-0.2, 0) is 0 Å². The zero-order chi connectivity index (χ0) is 3.58. The molecule has 0 aliphatic rings. The van der Waals surface area contributed by atoms with Gasteiger partial charge >= 0.3 is 75.5 Å². The van der Waals surface area contributed by atoms with Crippen LogP contribution in [0.3, 0.4) is 0 Å². The third-order valence-electron chi connectivity index (χ3n) is 0. The fourth-order valence-corrected chi connectivity index (χ4v) is 0. The first kappa shape index (κ1) is 23.0. The van der Waals surface area contributed by atoms with Crippen LogP contribution in [0.25, 0.3) is 0 Å². The van der Waals surface area contributed by atoms with Crippen molar-refractivity contribution >= 4 is 87.9 Å². The Balaban J connectivity index is -0.0000000150. The molecule has 0 aromatic carbocycles. The Bertz CT molecular complexity index is 35.9. The van der Waals surface area contributed by atoms with Gasteiger partial charge in [-0.15, -0.1) is 22.5 Å². The van der Waals surface area contributed by atoms with Crippen molar-refractivity contribution in [1.29, 1.82) is 0 Å². The maximum Gasteiger partial charge on any atom is 2.00 e. The van der Waals surface area contributed by atoms with E-state index in [2.05, 4.69) is 0 Å². The van der Waals surface area contributed by atoms with Crippen molar-refractivity contribution in [1.82, 2.24) is 0 Å². The van der Waals surface area contributed by atoms with Crippen LogP contribution in [0.5, 0.6) is 0 Å². The fraction of sp³-hybridized carbons (Fsp3) is 0. The minimum atomic E-state index is -1.50. The second-order valence-corrected chi connectivity index (χ2v) is 0.238. The molecule has 0 aliphatic carbocycles. The molecular weight excluding hydrogens is 178 g/mol. The van der Waals surface area contributed by atoms with Crippen molar-refractivity contribution in [3.05, 3.63) is 10.1 Å². The second-order valence-electron chi connectivity index (χ2n) is 0.238. The molecule has 4 nitrogen and oxygen atoms in total. The first-order valence-electron chi connectivity index (χ1n) is 0.565. The van der Waals surface area contributed by atoms with Crippen molar-refractivity contribution in [2.45, 2.75) is 0 Å². The van der Waals surface area contributed by atoms with E-state index in [1.165, 1.54) is 0 Å². The zero-order valence-electron chi connectivity index (χ0n) is 3.53. The molecule has 0 radical (unpaired) electrons. The summed E-state index contributed by atoms with van der Waals surface area (Å²) in [5.74, 6) is 0. The van der Waals surface area contributed by atoms with Gasteiger partial charge in [0.2, 0.25) is 0 Å². The van der Waals surface area contributed by atoms with Crippen LogP contribution in [0.4, 0.5) is 0 Å². The van der Waals surface area contributed by atoms with Gasteiger partial charge in [-0.3, -0.25) is 0 Å². The first-order valence-corrected chi connectivity index (χ1v) is 0.565. The van der Waals surface area contributed by atoms with E-state index < -0.39 is 5.09 Å². The van der Waals surface area contributed by atoms with Gasteiger partial charge in [-0.05, 0) is 0 Å². The molecule has 0 heterocycles. The maximum atomic E-state index is 8.36. The fourth-order valence-electron chi connectivity index (χ4n) is 0. The summed E-state index contributed by atoms with van der Waals surface area (Å²) in [6, 6.07) is 0. The summed E-state index contributed by atoms with van der Waals surface area (Å²) in [7, 11) is 0. The molecule has 0 fully saturated rings. The van der Waals surface area contributed by atoms with E-state index >= 15 is 0 Å². The maximum absolute atomic E-state index is 8.36. The third kappa shape index (κ3) is 71.6. The molecule has 7 heteroatoms. The SMILES string of the molecule is Cl.O=[N+]([O-])O.[Ca+2].[Ca+2]. The van der Waals surface area contributed by atoms with Crippen LogP contribution in [0, 0.1) is 10.1 Å². The molecule has 1 N–H and O–H groups in total. The van der Waals surface area contributed by atoms with Crippen LogP contribution >= 0.6 is 12.4 Å². The largest absolute Gasteiger partial charge is 2.00 e. The van der Waals surface area contributed by atoms with Gasteiger partial charge in [0, 0.05) is 0 Å². The van der Waals surface area contributed by atoms with Crippen LogP contribution in [0.15, 0.2) is 0 Å². The molecule has 0 saturated carbocycles. The van der Waals surface area contributed by atoms with Crippen molar-refractivity contribution in [3.63, 3.8) is 0 Å². The molecular formula is H2Ca2ClNO3+4. The Hall–Kier alpha value is 2.01. The minimum absolute atomic E-state index is 0. The van der Waals surface area contributed by atoms with E-state index in [4.69, 9.17) is 15.3 Å². The molecule has 0 atom stereocenters. The van der Waals surface area contributed by atoms with E-state index in [1.54, 1.807) is 0 Å². The van der Waals surface area contributed by atoms with Gasteiger partial charge in [-0.2, -0.15) is 0 Å². The van der Waals surface area contributed by atoms with Crippen LogP contribution in [-0.4, -0.2) is 85.8 Å². The average molecular weight is 180 g/mol. The summed E-state index contributed by atoms with van der Waals surface area (Å²) >= 11 is 0. The van der Waals surface area contributed by atoms with E-state index in [0.29, 0.717) is 0 Å². The van der Waals surface area contributed by atoms with Gasteiger partial charge in [-0.1, -0.05) is 0 Å². The number of rotatable bonds is 0. The van der Waals surface area contributed by atoms with Gasteiger partial charge in [0.1, 0.15) is 0 Å². The zero-order valence-corrected chi connectivity index (χ0v) is 8.77. The quantitative estimate of drug-likeness (QED) is 0.304. The molecule has 0 rings (SSSR count). The van der Waals surface area contributed by atoms with Gasteiger partial charge < -0.3 is 5.21 Å². The normalized spacial score (nSPS) is 3.43. The summed E-state index contributed by atoms with van der Waals surface area (Å²) in [4.78, 5) is 8.36. The van der Waals surface area contributed by atoms with E-state index in [0.717, 1.165) is 0 Å². The minimum Gasteiger partial charge on any atom is -0.328 e. The van der Waals surface area contributed by atoms with Crippen molar-refractivity contribution in [2.24, 2.45) is 0 Å². The Morgan fingerprint density at radius 1 is 1.43 bits per heavy atom. The standard InChI is InChI=1S/2Ca.ClH.HNO3/c;;;2-1(3)4/h;;1H;(H,2,3,4)/q2*+2;;. The van der Waals surface area contributed by atoms with E-state index in [1.807, 2.05) is 0 Å². The molecule has 32 valence electrons. The number of hydrogen-bond donors (Lipinski definition) is 1. The molecule has 0 unspecified atom stereocenters. The van der Waals surface area contributed by atoms with Crippen molar-refractivity contribution in [3.8, 4) is 0 Å². The predicted molar refractivity (Wildman–Crippen MR) is 27.5 cm³/mol. The van der Waals surface area contributed by atoms with Crippen molar-refractivity contribution in [2.75, 3.05) is 0 Å². The summed E-state index contributed by atoms with van der Waals surface area (Å²) in [6.45, 7) is 0.